The van der Waals surface area contributed by atoms with Crippen LogP contribution < -0.4 is 5.32 Å². The number of para-hydroxylation sites is 1. The molecule has 0 saturated heterocycles. The van der Waals surface area contributed by atoms with E-state index in [1.54, 1.807) is 26.8 Å². The number of hydrogen-bond donors (Lipinski definition) is 1. The number of nitrogens with one attached hydrogen (secondary N) is 1. The number of ether oxygens (including phenoxy) is 2. The number of esters is 2. The summed E-state index contributed by atoms with van der Waals surface area (Å²) in [6.45, 7) is 7.38. The zero-order valence-electron chi connectivity index (χ0n) is 20.5. The molecule has 8 heteroatoms. The minimum absolute atomic E-state index is 0.149. The lowest BCUT2D eigenvalue weighted by Crippen LogP contribution is -2.15. The van der Waals surface area contributed by atoms with Crippen molar-refractivity contribution in [2.45, 2.75) is 27.7 Å². The van der Waals surface area contributed by atoms with Gasteiger partial charge in [0.2, 0.25) is 0 Å². The molecule has 2 heterocycles. The summed E-state index contributed by atoms with van der Waals surface area (Å²) in [5.74, 6) is -1.59. The lowest BCUT2D eigenvalue weighted by atomic mass is 10.0. The normalized spacial score (nSPS) is 10.8. The molecule has 36 heavy (non-hydrogen) atoms. The lowest BCUT2D eigenvalue weighted by Gasteiger charge is -2.12. The van der Waals surface area contributed by atoms with Gasteiger partial charge in [-0.25, -0.2) is 14.6 Å². The minimum atomic E-state index is -0.614. The van der Waals surface area contributed by atoms with Crippen LogP contribution in [0.5, 0.6) is 0 Å². The Hall–Kier alpha value is -4.04. The van der Waals surface area contributed by atoms with Crippen LogP contribution in [0, 0.1) is 13.8 Å². The van der Waals surface area contributed by atoms with E-state index in [0.29, 0.717) is 27.7 Å². The molecule has 184 valence electrons. The number of amides is 1. The van der Waals surface area contributed by atoms with Gasteiger partial charge in [0.15, 0.2) is 0 Å². The van der Waals surface area contributed by atoms with Gasteiger partial charge in [-0.1, -0.05) is 42.5 Å². The maximum Gasteiger partial charge on any atom is 0.348 e. The van der Waals surface area contributed by atoms with Crippen LogP contribution in [0.25, 0.3) is 22.2 Å². The summed E-state index contributed by atoms with van der Waals surface area (Å²) in [6.07, 6.45) is 0. The Morgan fingerprint density at radius 3 is 2.31 bits per heavy atom. The smallest absolute Gasteiger partial charge is 0.348 e. The predicted octanol–water partition coefficient (Wildman–Crippen LogP) is 6.19. The third kappa shape index (κ3) is 4.85. The number of fused-ring (bicyclic) bond motifs is 1. The molecule has 4 rings (SSSR count). The Kier molecular flexibility index (Phi) is 7.45. The van der Waals surface area contributed by atoms with Crippen LogP contribution in [0.2, 0.25) is 0 Å². The van der Waals surface area contributed by atoms with Crippen molar-refractivity contribution >= 4 is 45.1 Å². The van der Waals surface area contributed by atoms with Gasteiger partial charge >= 0.3 is 11.9 Å². The Balaban J connectivity index is 1.82. The first kappa shape index (κ1) is 25.1. The van der Waals surface area contributed by atoms with Gasteiger partial charge in [0.05, 0.1) is 35.6 Å². The summed E-state index contributed by atoms with van der Waals surface area (Å²) in [5, 5.41) is 3.76. The molecular weight excluding hydrogens is 476 g/mol. The Labute approximate surface area is 213 Å². The molecule has 1 amide bonds. The molecule has 4 aromatic rings. The highest BCUT2D eigenvalue weighted by Crippen LogP contribution is 2.35. The van der Waals surface area contributed by atoms with Crippen molar-refractivity contribution in [2.24, 2.45) is 0 Å². The van der Waals surface area contributed by atoms with Crippen LogP contribution >= 0.6 is 11.3 Å². The molecule has 0 aliphatic heterocycles. The van der Waals surface area contributed by atoms with Crippen molar-refractivity contribution in [3.63, 3.8) is 0 Å². The van der Waals surface area contributed by atoms with E-state index < -0.39 is 17.8 Å². The molecule has 0 aliphatic rings. The van der Waals surface area contributed by atoms with Crippen LogP contribution in [0.1, 0.15) is 55.4 Å². The molecule has 2 aromatic heterocycles. The lowest BCUT2D eigenvalue weighted by molar-refractivity contribution is 0.0527. The monoisotopic (exact) mass is 502 g/mol. The van der Waals surface area contributed by atoms with Crippen LogP contribution in [0.4, 0.5) is 5.00 Å². The number of carbonyl (C=O) groups is 3. The van der Waals surface area contributed by atoms with E-state index >= 15 is 0 Å². The van der Waals surface area contributed by atoms with Crippen LogP contribution in [0.15, 0.2) is 54.6 Å². The number of rotatable bonds is 7. The standard InChI is InChI=1S/C28H26N2O5S/c1-5-34-27(32)23-17(4)24(28(33)35-6-2)36-26(23)30-25(31)20-15-22(18-12-8-7-11-16(18)3)29-21-14-10-9-13-19(20)21/h7-15H,5-6H2,1-4H3,(H,30,31). The molecule has 7 nitrogen and oxygen atoms in total. The zero-order chi connectivity index (χ0) is 25.8. The van der Waals surface area contributed by atoms with Gasteiger partial charge in [-0.3, -0.25) is 4.79 Å². The number of anilines is 1. The summed E-state index contributed by atoms with van der Waals surface area (Å²) in [7, 11) is 0. The summed E-state index contributed by atoms with van der Waals surface area (Å²) in [4.78, 5) is 43.9. The van der Waals surface area contributed by atoms with E-state index in [-0.39, 0.29) is 28.7 Å². The van der Waals surface area contributed by atoms with Gasteiger partial charge in [-0.15, -0.1) is 11.3 Å². The fourth-order valence-electron chi connectivity index (χ4n) is 3.97. The van der Waals surface area contributed by atoms with E-state index in [9.17, 15) is 14.4 Å². The van der Waals surface area contributed by atoms with E-state index in [4.69, 9.17) is 14.5 Å². The van der Waals surface area contributed by atoms with Crippen LogP contribution in [0.3, 0.4) is 0 Å². The predicted molar refractivity (Wildman–Crippen MR) is 141 cm³/mol. The number of hydrogen-bond acceptors (Lipinski definition) is 7. The second kappa shape index (κ2) is 10.7. The molecule has 0 saturated carbocycles. The molecule has 0 spiro atoms. The highest BCUT2D eigenvalue weighted by molar-refractivity contribution is 7.18. The summed E-state index contributed by atoms with van der Waals surface area (Å²) >= 11 is 0.997. The molecule has 0 radical (unpaired) electrons. The fourth-order valence-corrected chi connectivity index (χ4v) is 5.06. The number of pyridine rings is 1. The highest BCUT2D eigenvalue weighted by atomic mass is 32.1. The average molecular weight is 503 g/mol. The first-order chi connectivity index (χ1) is 17.3. The topological polar surface area (TPSA) is 94.6 Å². The van der Waals surface area contributed by atoms with Crippen LogP contribution in [-0.4, -0.2) is 36.0 Å². The van der Waals surface area contributed by atoms with E-state index in [1.807, 2.05) is 55.5 Å². The number of nitrogens with zero attached hydrogens (tertiary/aromatic N) is 1. The van der Waals surface area contributed by atoms with Gasteiger partial charge in [0, 0.05) is 10.9 Å². The first-order valence-electron chi connectivity index (χ1n) is 11.6. The number of aryl methyl sites for hydroxylation is 1. The van der Waals surface area contributed by atoms with Crippen molar-refractivity contribution in [1.82, 2.24) is 4.98 Å². The second-order valence-electron chi connectivity index (χ2n) is 8.04. The second-order valence-corrected chi connectivity index (χ2v) is 9.06. The first-order valence-corrected chi connectivity index (χ1v) is 12.4. The van der Waals surface area contributed by atoms with Crippen molar-refractivity contribution in [1.29, 1.82) is 0 Å². The van der Waals surface area contributed by atoms with Crippen molar-refractivity contribution in [2.75, 3.05) is 18.5 Å². The third-order valence-electron chi connectivity index (χ3n) is 5.70. The average Bonchev–Trinajstić information content (AvgIpc) is 3.19. The molecule has 0 bridgehead atoms. The van der Waals surface area contributed by atoms with E-state index in [1.165, 1.54) is 0 Å². The fraction of sp³-hybridized carbons (Fsp3) is 0.214. The van der Waals surface area contributed by atoms with E-state index in [2.05, 4.69) is 5.32 Å². The Morgan fingerprint density at radius 2 is 1.58 bits per heavy atom. The number of carbonyl (C=O) groups excluding carboxylic acids is 3. The molecule has 0 aliphatic carbocycles. The summed E-state index contributed by atoms with van der Waals surface area (Å²) < 4.78 is 10.3. The molecule has 0 atom stereocenters. The minimum Gasteiger partial charge on any atom is -0.462 e. The summed E-state index contributed by atoms with van der Waals surface area (Å²) in [6, 6.07) is 17.0. The molecule has 2 aromatic carbocycles. The van der Waals surface area contributed by atoms with Gasteiger partial charge in [-0.05, 0) is 51.0 Å². The van der Waals surface area contributed by atoms with Crippen molar-refractivity contribution in [3.8, 4) is 11.3 Å². The van der Waals surface area contributed by atoms with Gasteiger partial charge in [-0.2, -0.15) is 0 Å². The Bertz CT molecular complexity index is 1470. The SMILES string of the molecule is CCOC(=O)c1sc(NC(=O)c2cc(-c3ccccc3C)nc3ccccc23)c(C(=O)OCC)c1C. The molecular formula is C28H26N2O5S. The van der Waals surface area contributed by atoms with Crippen molar-refractivity contribution in [3.05, 3.63) is 81.7 Å². The van der Waals surface area contributed by atoms with Gasteiger partial charge < -0.3 is 14.8 Å². The number of aromatic nitrogens is 1. The van der Waals surface area contributed by atoms with Crippen molar-refractivity contribution < 1.29 is 23.9 Å². The molecule has 1 N–H and O–H groups in total. The maximum absolute atomic E-state index is 13.6. The molecule has 0 unspecified atom stereocenters. The molecule has 0 fully saturated rings. The van der Waals surface area contributed by atoms with E-state index in [0.717, 1.165) is 22.5 Å². The number of thiophene rings is 1. The highest BCUT2D eigenvalue weighted by Gasteiger charge is 2.28. The quantitative estimate of drug-likeness (QED) is 0.303. The maximum atomic E-state index is 13.6. The van der Waals surface area contributed by atoms with Crippen LogP contribution in [-0.2, 0) is 9.47 Å². The Morgan fingerprint density at radius 1 is 0.917 bits per heavy atom. The summed E-state index contributed by atoms with van der Waals surface area (Å²) in [5.41, 5.74) is 4.24. The zero-order valence-corrected chi connectivity index (χ0v) is 21.3. The third-order valence-corrected chi connectivity index (χ3v) is 6.88. The van der Waals surface area contributed by atoms with Gasteiger partial charge in [0.25, 0.3) is 5.91 Å². The van der Waals surface area contributed by atoms with Gasteiger partial charge in [0.1, 0.15) is 9.88 Å². The largest absolute Gasteiger partial charge is 0.462 e. The number of benzene rings is 2.